The summed E-state index contributed by atoms with van der Waals surface area (Å²) in [6.45, 7) is 3.38. The minimum Gasteiger partial charge on any atom is -0.480 e. The van der Waals surface area contributed by atoms with Crippen LogP contribution in [-0.4, -0.2) is 78.1 Å². The number of hydrogen-bond acceptors (Lipinski definition) is 6. The first kappa shape index (κ1) is 28.8. The molecule has 1 aliphatic rings. The van der Waals surface area contributed by atoms with Crippen LogP contribution >= 0.6 is 0 Å². The highest BCUT2D eigenvalue weighted by Crippen LogP contribution is 2.12. The molecule has 3 atom stereocenters. The maximum absolute atomic E-state index is 13.4. The number of aryl methyl sites for hydroxylation is 1. The Morgan fingerprint density at radius 2 is 1.53 bits per heavy atom. The summed E-state index contributed by atoms with van der Waals surface area (Å²) in [7, 11) is 0. The number of carboxylic acids is 1. The second kappa shape index (κ2) is 14.8. The summed E-state index contributed by atoms with van der Waals surface area (Å²) in [6.07, 6.45) is 1.03. The van der Waals surface area contributed by atoms with Crippen molar-refractivity contribution in [2.24, 2.45) is 0 Å². The molecular weight excluding hydrogens is 488 g/mol. The number of carboxylic acid groups (broad SMARTS) is 1. The molecule has 2 aromatic carbocycles. The maximum Gasteiger partial charge on any atom is 0.320 e. The van der Waals surface area contributed by atoms with Crippen molar-refractivity contribution in [2.45, 2.75) is 50.7 Å². The van der Waals surface area contributed by atoms with Gasteiger partial charge in [-0.25, -0.2) is 0 Å². The summed E-state index contributed by atoms with van der Waals surface area (Å²) < 4.78 is 5.30. The summed E-state index contributed by atoms with van der Waals surface area (Å²) in [5.74, 6) is -2.15. The molecule has 2 aromatic rings. The van der Waals surface area contributed by atoms with Crippen molar-refractivity contribution in [2.75, 3.05) is 31.6 Å². The molecular formula is C28H36N4O6. The zero-order valence-corrected chi connectivity index (χ0v) is 21.6. The van der Waals surface area contributed by atoms with Gasteiger partial charge in [-0.05, 0) is 43.9 Å². The van der Waals surface area contributed by atoms with Crippen LogP contribution < -0.4 is 16.0 Å². The standard InChI is InChI=1S/C28H36N4O6/c1-20(28(36)37)29-23(13-12-21-8-4-2-5-9-21)27(35)31-24(26(34)30-22-10-6-3-7-11-22)14-15-25(33)32-16-18-38-19-17-32/h2-11,20,23-24,29H,12-19H2,1H3,(H,30,34)(H,31,35)(H,36,37)/t20-,23+,24+/m1/s1. The van der Waals surface area contributed by atoms with Gasteiger partial charge in [0.2, 0.25) is 17.7 Å². The molecule has 0 spiro atoms. The molecule has 10 heteroatoms. The number of amides is 3. The number of carbonyl (C=O) groups excluding carboxylic acids is 3. The average Bonchev–Trinajstić information content (AvgIpc) is 2.94. The number of morpholine rings is 1. The van der Waals surface area contributed by atoms with Crippen molar-refractivity contribution in [1.82, 2.24) is 15.5 Å². The highest BCUT2D eigenvalue weighted by atomic mass is 16.5. The number of carbonyl (C=O) groups is 4. The number of ether oxygens (including phenoxy) is 1. The third-order valence-corrected chi connectivity index (χ3v) is 6.39. The Bertz CT molecular complexity index is 1060. The summed E-state index contributed by atoms with van der Waals surface area (Å²) in [5.41, 5.74) is 1.57. The summed E-state index contributed by atoms with van der Waals surface area (Å²) in [5, 5.41) is 17.8. The number of nitrogens with zero attached hydrogens (tertiary/aromatic N) is 1. The molecule has 3 amide bonds. The Balaban J connectivity index is 1.71. The van der Waals surface area contributed by atoms with Gasteiger partial charge >= 0.3 is 5.97 Å². The van der Waals surface area contributed by atoms with Crippen molar-refractivity contribution in [3.05, 3.63) is 66.2 Å². The summed E-state index contributed by atoms with van der Waals surface area (Å²) in [6, 6.07) is 15.6. The number of aliphatic carboxylic acids is 1. The van der Waals surface area contributed by atoms with Crippen molar-refractivity contribution in [1.29, 1.82) is 0 Å². The molecule has 4 N–H and O–H groups in total. The molecule has 0 unspecified atom stereocenters. The lowest BCUT2D eigenvalue weighted by molar-refractivity contribution is -0.140. The number of anilines is 1. The van der Waals surface area contributed by atoms with Gasteiger partial charge in [0.1, 0.15) is 12.1 Å². The van der Waals surface area contributed by atoms with E-state index in [2.05, 4.69) is 16.0 Å². The first-order valence-corrected chi connectivity index (χ1v) is 12.9. The second-order valence-corrected chi connectivity index (χ2v) is 9.25. The largest absolute Gasteiger partial charge is 0.480 e. The van der Waals surface area contributed by atoms with E-state index in [-0.39, 0.29) is 18.7 Å². The lowest BCUT2D eigenvalue weighted by atomic mass is 10.0. The van der Waals surface area contributed by atoms with Gasteiger partial charge in [0.05, 0.1) is 19.3 Å². The summed E-state index contributed by atoms with van der Waals surface area (Å²) in [4.78, 5) is 52.5. The molecule has 1 saturated heterocycles. The molecule has 3 rings (SSSR count). The van der Waals surface area contributed by atoms with E-state index in [4.69, 9.17) is 4.74 Å². The van der Waals surface area contributed by atoms with E-state index < -0.39 is 35.9 Å². The molecule has 1 aliphatic heterocycles. The van der Waals surface area contributed by atoms with Crippen LogP contribution in [0.1, 0.15) is 31.7 Å². The van der Waals surface area contributed by atoms with Gasteiger partial charge in [-0.2, -0.15) is 0 Å². The van der Waals surface area contributed by atoms with Crippen LogP contribution in [0, 0.1) is 0 Å². The molecule has 0 radical (unpaired) electrons. The van der Waals surface area contributed by atoms with Crippen LogP contribution in [0.25, 0.3) is 0 Å². The first-order chi connectivity index (χ1) is 18.3. The van der Waals surface area contributed by atoms with Crippen LogP contribution in [-0.2, 0) is 30.3 Å². The van der Waals surface area contributed by atoms with Crippen molar-refractivity contribution < 1.29 is 29.0 Å². The predicted molar refractivity (Wildman–Crippen MR) is 142 cm³/mol. The number of benzene rings is 2. The van der Waals surface area contributed by atoms with Gasteiger partial charge in [0.15, 0.2) is 0 Å². The Hall–Kier alpha value is -3.76. The summed E-state index contributed by atoms with van der Waals surface area (Å²) >= 11 is 0. The number of nitrogens with one attached hydrogen (secondary N) is 3. The predicted octanol–water partition coefficient (Wildman–Crippen LogP) is 1.81. The molecule has 204 valence electrons. The molecule has 0 aliphatic carbocycles. The fourth-order valence-corrected chi connectivity index (χ4v) is 4.15. The SMILES string of the molecule is C[C@@H](N[C@@H](CCc1ccccc1)C(=O)N[C@@H](CCC(=O)N1CCOCC1)C(=O)Nc1ccccc1)C(=O)O. The van der Waals surface area contributed by atoms with Gasteiger partial charge in [0.25, 0.3) is 0 Å². The van der Waals surface area contributed by atoms with Crippen molar-refractivity contribution in [3.8, 4) is 0 Å². The van der Waals surface area contributed by atoms with Crippen molar-refractivity contribution in [3.63, 3.8) is 0 Å². The lowest BCUT2D eigenvalue weighted by Gasteiger charge is -2.28. The van der Waals surface area contributed by atoms with Gasteiger partial charge in [0, 0.05) is 25.2 Å². The Morgan fingerprint density at radius 1 is 0.895 bits per heavy atom. The number of para-hydroxylation sites is 1. The van der Waals surface area contributed by atoms with Gasteiger partial charge < -0.3 is 25.4 Å². The van der Waals surface area contributed by atoms with Crippen LogP contribution in [0.2, 0.25) is 0 Å². The van der Waals surface area contributed by atoms with E-state index in [1.54, 1.807) is 29.2 Å². The average molecular weight is 525 g/mol. The fraction of sp³-hybridized carbons (Fsp3) is 0.429. The third-order valence-electron chi connectivity index (χ3n) is 6.39. The van der Waals surface area contributed by atoms with Crippen LogP contribution in [0.3, 0.4) is 0 Å². The Kier molecular flexibility index (Phi) is 11.3. The molecule has 10 nitrogen and oxygen atoms in total. The third kappa shape index (κ3) is 9.28. The van der Waals surface area contributed by atoms with Gasteiger partial charge in [-0.1, -0.05) is 48.5 Å². The minimum absolute atomic E-state index is 0.0702. The highest BCUT2D eigenvalue weighted by molar-refractivity contribution is 5.98. The van der Waals surface area contributed by atoms with Crippen molar-refractivity contribution >= 4 is 29.4 Å². The fourth-order valence-electron chi connectivity index (χ4n) is 4.15. The normalized spacial score (nSPS) is 15.7. The molecule has 1 fully saturated rings. The Labute approximate surface area is 222 Å². The zero-order chi connectivity index (χ0) is 27.3. The second-order valence-electron chi connectivity index (χ2n) is 9.25. The quantitative estimate of drug-likeness (QED) is 0.314. The monoisotopic (exact) mass is 524 g/mol. The first-order valence-electron chi connectivity index (χ1n) is 12.9. The van der Waals surface area contributed by atoms with E-state index in [1.165, 1.54) is 6.92 Å². The van der Waals surface area contributed by atoms with Gasteiger partial charge in [-0.15, -0.1) is 0 Å². The number of rotatable bonds is 13. The van der Waals surface area contributed by atoms with Crippen LogP contribution in [0.5, 0.6) is 0 Å². The molecule has 0 saturated carbocycles. The van der Waals surface area contributed by atoms with E-state index in [0.29, 0.717) is 44.8 Å². The molecule has 0 aromatic heterocycles. The molecule has 0 bridgehead atoms. The van der Waals surface area contributed by atoms with Gasteiger partial charge in [-0.3, -0.25) is 24.5 Å². The van der Waals surface area contributed by atoms with E-state index in [0.717, 1.165) is 5.56 Å². The molecule has 1 heterocycles. The van der Waals surface area contributed by atoms with E-state index >= 15 is 0 Å². The lowest BCUT2D eigenvalue weighted by Crippen LogP contribution is -2.54. The highest BCUT2D eigenvalue weighted by Gasteiger charge is 2.29. The maximum atomic E-state index is 13.4. The van der Waals surface area contributed by atoms with E-state index in [9.17, 15) is 24.3 Å². The minimum atomic E-state index is -1.09. The smallest absolute Gasteiger partial charge is 0.320 e. The Morgan fingerprint density at radius 3 is 2.16 bits per heavy atom. The van der Waals surface area contributed by atoms with E-state index in [1.807, 2.05) is 36.4 Å². The number of hydrogen-bond donors (Lipinski definition) is 4. The van der Waals surface area contributed by atoms with Crippen LogP contribution in [0.4, 0.5) is 5.69 Å². The topological polar surface area (TPSA) is 137 Å². The molecule has 38 heavy (non-hydrogen) atoms. The zero-order valence-electron chi connectivity index (χ0n) is 21.6. The van der Waals surface area contributed by atoms with Crippen LogP contribution in [0.15, 0.2) is 60.7 Å².